The van der Waals surface area contributed by atoms with Crippen molar-refractivity contribution < 1.29 is 14.6 Å². The topological polar surface area (TPSA) is 46.5 Å². The molecule has 0 radical (unpaired) electrons. The average Bonchev–Trinajstić information content (AvgIpc) is 2.27. The molecule has 0 bridgehead atoms. The smallest absolute Gasteiger partial charge is 0.403 e. The van der Waals surface area contributed by atoms with Crippen LogP contribution >= 0.6 is 11.6 Å². The molecule has 0 unspecified atom stereocenters. The summed E-state index contributed by atoms with van der Waals surface area (Å²) in [6, 6.07) is 0. The van der Waals surface area contributed by atoms with Crippen LogP contribution in [0.1, 0.15) is 42.5 Å². The summed E-state index contributed by atoms with van der Waals surface area (Å²) >= 11 is 4.95. The van der Waals surface area contributed by atoms with Crippen molar-refractivity contribution in [3.8, 4) is 0 Å². The number of carbonyl (C=O) groups is 1. The zero-order valence-corrected chi connectivity index (χ0v) is 11.9. The van der Waals surface area contributed by atoms with E-state index >= 15 is 0 Å². The van der Waals surface area contributed by atoms with Crippen LogP contribution in [0.3, 0.4) is 0 Å². The minimum absolute atomic E-state index is 0. The molecular formula is C15H31ClO3. The van der Waals surface area contributed by atoms with Crippen molar-refractivity contribution in [2.24, 2.45) is 10.8 Å². The van der Waals surface area contributed by atoms with E-state index in [1.807, 2.05) is 27.7 Å². The van der Waals surface area contributed by atoms with Crippen molar-refractivity contribution >= 4 is 17.0 Å². The maximum atomic E-state index is 10.1. The first kappa shape index (κ1) is 26.7. The fourth-order valence-electron chi connectivity index (χ4n) is 0.366. The lowest BCUT2D eigenvalue weighted by atomic mass is 9.96. The Hall–Kier alpha value is -0.800. The minimum atomic E-state index is -0.769. The van der Waals surface area contributed by atoms with E-state index in [1.165, 1.54) is 0 Å². The van der Waals surface area contributed by atoms with Crippen LogP contribution in [0, 0.1) is 10.8 Å². The highest BCUT2D eigenvalue weighted by Crippen LogP contribution is 2.16. The summed E-state index contributed by atoms with van der Waals surface area (Å²) in [5, 5.41) is 8.52. The summed E-state index contributed by atoms with van der Waals surface area (Å²) in [6.07, 6.45) is 3.46. The monoisotopic (exact) mass is 294 g/mol. The SMILES string of the molecule is C.C.C=CC(C)(C)CO.C=CC(C)(C)COC(=O)Cl. The fraction of sp³-hybridized carbons (Fsp3) is 0.667. The van der Waals surface area contributed by atoms with Crippen molar-refractivity contribution in [2.45, 2.75) is 42.5 Å². The van der Waals surface area contributed by atoms with Crippen molar-refractivity contribution in [1.29, 1.82) is 0 Å². The number of rotatable bonds is 5. The Labute approximate surface area is 124 Å². The summed E-state index contributed by atoms with van der Waals surface area (Å²) < 4.78 is 4.55. The molecule has 0 spiro atoms. The minimum Gasteiger partial charge on any atom is -0.453 e. The van der Waals surface area contributed by atoms with E-state index in [9.17, 15) is 4.79 Å². The van der Waals surface area contributed by atoms with Gasteiger partial charge in [-0.3, -0.25) is 0 Å². The van der Waals surface area contributed by atoms with Crippen molar-refractivity contribution in [3.63, 3.8) is 0 Å². The van der Waals surface area contributed by atoms with Crippen molar-refractivity contribution in [1.82, 2.24) is 0 Å². The number of carbonyl (C=O) groups excluding carboxylic acids is 1. The predicted molar refractivity (Wildman–Crippen MR) is 85.7 cm³/mol. The lowest BCUT2D eigenvalue weighted by Crippen LogP contribution is -2.16. The van der Waals surface area contributed by atoms with E-state index in [0.717, 1.165) is 0 Å². The molecule has 0 heterocycles. The molecule has 0 fully saturated rings. The molecule has 19 heavy (non-hydrogen) atoms. The molecule has 0 aliphatic heterocycles. The van der Waals surface area contributed by atoms with Crippen LogP contribution < -0.4 is 0 Å². The van der Waals surface area contributed by atoms with Gasteiger partial charge in [0.05, 0.1) is 6.61 Å². The number of hydrogen-bond acceptors (Lipinski definition) is 3. The van der Waals surface area contributed by atoms with Gasteiger partial charge in [0.2, 0.25) is 0 Å². The van der Waals surface area contributed by atoms with E-state index in [-0.39, 0.29) is 38.9 Å². The Kier molecular flexibility index (Phi) is 17.2. The average molecular weight is 295 g/mol. The third-order valence-electron chi connectivity index (χ3n) is 2.07. The summed E-state index contributed by atoms with van der Waals surface area (Å²) in [5.41, 5.74) is -1.06. The first-order valence-electron chi connectivity index (χ1n) is 5.30. The molecular weight excluding hydrogens is 264 g/mol. The van der Waals surface area contributed by atoms with E-state index in [0.29, 0.717) is 0 Å². The molecule has 0 rings (SSSR count). The van der Waals surface area contributed by atoms with Crippen LogP contribution in [0.15, 0.2) is 25.3 Å². The van der Waals surface area contributed by atoms with Gasteiger partial charge >= 0.3 is 5.43 Å². The second-order valence-corrected chi connectivity index (χ2v) is 5.38. The van der Waals surface area contributed by atoms with Crippen LogP contribution in [-0.4, -0.2) is 23.7 Å². The van der Waals surface area contributed by atoms with E-state index < -0.39 is 5.43 Å². The molecule has 0 atom stereocenters. The van der Waals surface area contributed by atoms with Gasteiger partial charge in [-0.05, 0) is 0 Å². The molecule has 0 aromatic carbocycles. The molecule has 4 heteroatoms. The molecule has 3 nitrogen and oxygen atoms in total. The van der Waals surface area contributed by atoms with Gasteiger partial charge in [-0.2, -0.15) is 0 Å². The van der Waals surface area contributed by atoms with Gasteiger partial charge in [0.25, 0.3) is 0 Å². The van der Waals surface area contributed by atoms with E-state index in [2.05, 4.69) is 17.9 Å². The predicted octanol–water partition coefficient (Wildman–Crippen LogP) is 5.04. The lowest BCUT2D eigenvalue weighted by Gasteiger charge is -2.17. The Morgan fingerprint density at radius 3 is 1.68 bits per heavy atom. The Morgan fingerprint density at radius 1 is 1.16 bits per heavy atom. The van der Waals surface area contributed by atoms with Crippen LogP contribution in [0.2, 0.25) is 0 Å². The van der Waals surface area contributed by atoms with Gasteiger partial charge < -0.3 is 9.84 Å². The normalized spacial score (nSPS) is 9.79. The van der Waals surface area contributed by atoms with Gasteiger partial charge in [0.1, 0.15) is 6.61 Å². The zero-order valence-electron chi connectivity index (χ0n) is 11.1. The first-order valence-corrected chi connectivity index (χ1v) is 5.68. The van der Waals surface area contributed by atoms with E-state index in [1.54, 1.807) is 12.2 Å². The van der Waals surface area contributed by atoms with Gasteiger partial charge in [-0.15, -0.1) is 13.2 Å². The maximum absolute atomic E-state index is 10.1. The summed E-state index contributed by atoms with van der Waals surface area (Å²) in [4.78, 5) is 10.1. The van der Waals surface area contributed by atoms with Crippen molar-refractivity contribution in [2.75, 3.05) is 13.2 Å². The third kappa shape index (κ3) is 19.7. The largest absolute Gasteiger partial charge is 0.453 e. The number of aliphatic hydroxyl groups excluding tert-OH is 1. The highest BCUT2D eigenvalue weighted by atomic mass is 35.5. The zero-order chi connectivity index (χ0) is 14.1. The number of halogens is 1. The lowest BCUT2D eigenvalue weighted by molar-refractivity contribution is 0.139. The Morgan fingerprint density at radius 2 is 1.53 bits per heavy atom. The maximum Gasteiger partial charge on any atom is 0.403 e. The number of ether oxygens (including phenoxy) is 1. The van der Waals surface area contributed by atoms with E-state index in [4.69, 9.17) is 16.7 Å². The molecule has 0 aliphatic rings. The summed E-state index contributed by atoms with van der Waals surface area (Å²) in [6.45, 7) is 15.2. The van der Waals surface area contributed by atoms with Gasteiger partial charge in [0.15, 0.2) is 0 Å². The van der Waals surface area contributed by atoms with Crippen LogP contribution in [0.5, 0.6) is 0 Å². The molecule has 0 aromatic heterocycles. The van der Waals surface area contributed by atoms with Gasteiger partial charge in [-0.1, -0.05) is 54.7 Å². The quantitative estimate of drug-likeness (QED) is 0.571. The second kappa shape index (κ2) is 12.2. The van der Waals surface area contributed by atoms with Gasteiger partial charge in [-0.25, -0.2) is 4.79 Å². The molecule has 0 aliphatic carbocycles. The Bertz CT molecular complexity index is 258. The van der Waals surface area contributed by atoms with Crippen LogP contribution in [0.4, 0.5) is 4.79 Å². The standard InChI is InChI=1S/C7H11ClO2.C6H12O.2CH4/c1-4-7(2,3)5-10-6(8)9;1-4-6(2,3)5-7;;/h4H,1,5H2,2-3H3;4,7H,1,5H2,2-3H3;2*1H4. The molecule has 0 amide bonds. The number of aliphatic hydroxyl groups is 1. The summed E-state index contributed by atoms with van der Waals surface area (Å²) in [7, 11) is 0. The first-order chi connectivity index (χ1) is 7.60. The summed E-state index contributed by atoms with van der Waals surface area (Å²) in [5.74, 6) is 0. The fourth-order valence-corrected chi connectivity index (χ4v) is 0.421. The van der Waals surface area contributed by atoms with Crippen molar-refractivity contribution in [3.05, 3.63) is 25.3 Å². The highest BCUT2D eigenvalue weighted by molar-refractivity contribution is 6.61. The number of hydrogen-bond donors (Lipinski definition) is 1. The molecule has 116 valence electrons. The molecule has 1 N–H and O–H groups in total. The Balaban J connectivity index is -0.000000112. The van der Waals surface area contributed by atoms with Crippen LogP contribution in [-0.2, 0) is 4.74 Å². The second-order valence-electron chi connectivity index (χ2n) is 5.07. The molecule has 0 saturated heterocycles. The highest BCUT2D eigenvalue weighted by Gasteiger charge is 2.14. The molecule has 0 saturated carbocycles. The molecule has 0 aromatic rings. The third-order valence-corrected chi connectivity index (χ3v) is 2.18. The van der Waals surface area contributed by atoms with Crippen LogP contribution in [0.25, 0.3) is 0 Å². The van der Waals surface area contributed by atoms with Gasteiger partial charge in [0, 0.05) is 22.4 Å².